The maximum Gasteiger partial charge on any atom is 0.330 e. The Hall–Kier alpha value is -7.32. The molecule has 2 aliphatic heterocycles. The van der Waals surface area contributed by atoms with Crippen LogP contribution in [0.5, 0.6) is 0 Å². The second-order valence-electron chi connectivity index (χ2n) is 29.6. The van der Waals surface area contributed by atoms with Crippen LogP contribution in [-0.2, 0) is 90.5 Å². The molecule has 0 aromatic rings. The van der Waals surface area contributed by atoms with E-state index in [0.29, 0.717) is 150 Å². The largest absolute Gasteiger partial charge is 0.463 e. The van der Waals surface area contributed by atoms with Gasteiger partial charge in [0, 0.05) is 127 Å². The second kappa shape index (κ2) is 147. The first kappa shape index (κ1) is 156. The van der Waals surface area contributed by atoms with Gasteiger partial charge in [0.05, 0.1) is 92.5 Å². The minimum absolute atomic E-state index is 0.205. The first-order valence-electron chi connectivity index (χ1n) is 48.8. The van der Waals surface area contributed by atoms with Crippen molar-refractivity contribution in [2.24, 2.45) is 86.2 Å². The van der Waals surface area contributed by atoms with E-state index in [2.05, 4.69) is 93.5 Å². The van der Waals surface area contributed by atoms with Gasteiger partial charge in [-0.25, -0.2) is 38.4 Å². The number of likely N-dealkylation sites (tertiary alicyclic amines) is 1. The summed E-state index contributed by atoms with van der Waals surface area (Å²) in [6.07, 6.45) is 33.1. The number of likely N-dealkylation sites (N-methyl/N-ethyl adjacent to an activating group) is 1. The lowest BCUT2D eigenvalue weighted by atomic mass is 10.1. The third kappa shape index (κ3) is 171. The molecule has 0 radical (unpaired) electrons. The number of hydrogen-bond acceptors (Lipinski definition) is 41. The van der Waals surface area contributed by atoms with Crippen molar-refractivity contribution in [2.75, 3.05) is 270 Å². The summed E-state index contributed by atoms with van der Waals surface area (Å²) < 4.78 is 53.5. The highest BCUT2D eigenvalue weighted by atomic mass is 16.6. The Morgan fingerprint density at radius 1 is 0.312 bits per heavy atom. The Kier molecular flexibility index (Phi) is 167. The SMILES string of the molecule is C=CC(=O)OCCC(C)OC(=O)C=C.C=CC(=O)OCCCCCCOC(=O)C=C.C=CC(=O)OCCCCCOC(=O)C=C.C=CC(=O)OCCCCOC(=O)C=C.CC(CN)CCCN.CCC(N)CCN.CN1CCN(CCCN)CC1.NCCCCCO.NCCCCO.NCCCN.NCCCN1CCCC1.NCCCNCCO.NCCCO.NCCOCCOCCOCCN. The van der Waals surface area contributed by atoms with Gasteiger partial charge in [0.2, 0.25) is 0 Å². The minimum Gasteiger partial charge on any atom is -0.463 e. The molecule has 41 nitrogen and oxygen atoms in total. The quantitative estimate of drug-likeness (QED) is 0.0180. The summed E-state index contributed by atoms with van der Waals surface area (Å²) in [7, 11) is 2.18. The number of esters is 8. The summed E-state index contributed by atoms with van der Waals surface area (Å²) in [6, 6.07) is 0.324. The number of nitrogens with two attached hydrogens (primary N) is 14. The number of aliphatic hydroxyl groups is 4. The standard InChI is InChI=1S/C12H18O4.C11H16O4.2C10H14O4.C8H19N3.C8H20N2O3.C7H16N2.C6H16N2.C5H14N2O.C5H14N2.C5H13NO.C4H11NO.C3H10N2.C3H9NO/c1-3-11(13)15-9-7-5-6-8-10-16-12(14)4-2;1-3-10(12)14-8-6-5-7-9-15-11(13)4-2;1-4-9(11)13-7-6-8(3)14-10(12)5-2;1-3-9(11)13-7-5-6-8-14-10(12)4-2;1-10-5-7-11(8-6-10)4-2-3-9;9-1-3-11-5-7-13-8-6-12-4-2-10;8-4-3-7-9-5-1-2-6-9;1-6(5-8)3-2-4-7;6-2-1-3-7-4-5-8;1-2-5(7)3-4-6;6-4-2-1-3-5-7;5-3-1-2-4-6;2*4-2-1-3-5/h3-4H,1-2,5-10H2;3-4H,1-2,5-9H2;4-5,8H,1-2,6-7H2,3H3;3-4H,1-2,5-8H2;2-9H2,1H3;1-10H2;1-8H2;6H,2-5,7-8H2,1H3;7-8H,1-6H2;5H,2-4,6-7H2,1H3;7H,1-6H2;6H,1-5H2;1-5H2;5H,1-4H2. The molecule has 820 valence electrons. The molecule has 33 N–H and O–H groups in total. The molecule has 2 saturated heterocycles. The number of carbonyl (C=O) groups is 8. The van der Waals surface area contributed by atoms with Crippen molar-refractivity contribution in [2.45, 2.75) is 200 Å². The highest BCUT2D eigenvalue weighted by molar-refractivity contribution is 5.83. The van der Waals surface area contributed by atoms with Crippen molar-refractivity contribution in [3.05, 3.63) is 101 Å². The second-order valence-corrected chi connectivity index (χ2v) is 29.6. The molecule has 138 heavy (non-hydrogen) atoms. The number of ether oxygens (including phenoxy) is 11. The molecule has 0 aliphatic carbocycles. The number of aliphatic hydroxyl groups excluding tert-OH is 4. The van der Waals surface area contributed by atoms with Gasteiger partial charge in [-0.1, -0.05) is 66.5 Å². The summed E-state index contributed by atoms with van der Waals surface area (Å²) in [4.78, 5) is 92.3. The lowest BCUT2D eigenvalue weighted by Gasteiger charge is -2.32. The number of nitrogens with one attached hydrogen (secondary N) is 1. The van der Waals surface area contributed by atoms with Crippen molar-refractivity contribution in [1.29, 1.82) is 0 Å². The highest BCUT2D eigenvalue weighted by Gasteiger charge is 2.13. The van der Waals surface area contributed by atoms with E-state index in [4.69, 9.17) is 153 Å². The zero-order valence-corrected chi connectivity index (χ0v) is 86.1. The van der Waals surface area contributed by atoms with Crippen molar-refractivity contribution >= 4 is 47.8 Å². The van der Waals surface area contributed by atoms with Crippen LogP contribution in [0.25, 0.3) is 0 Å². The maximum atomic E-state index is 10.7. The van der Waals surface area contributed by atoms with E-state index in [1.807, 2.05) is 0 Å². The lowest BCUT2D eigenvalue weighted by molar-refractivity contribution is -0.145. The van der Waals surface area contributed by atoms with Crippen LogP contribution in [0.15, 0.2) is 101 Å². The topological polar surface area (TPSA) is 705 Å². The Bertz CT molecular complexity index is 2470. The Morgan fingerprint density at radius 2 is 0.616 bits per heavy atom. The van der Waals surface area contributed by atoms with Gasteiger partial charge >= 0.3 is 47.8 Å². The average molecular weight is 1990 g/mol. The van der Waals surface area contributed by atoms with Gasteiger partial charge < -0.3 is 173 Å². The molecule has 2 rings (SSSR count). The Labute approximate surface area is 832 Å². The number of nitrogens with zero attached hydrogens (tertiary/aromatic N) is 3. The molecule has 0 spiro atoms. The zero-order valence-electron chi connectivity index (χ0n) is 86.1. The molecule has 2 heterocycles. The first-order valence-corrected chi connectivity index (χ1v) is 48.8. The number of unbranched alkanes of at least 4 members (excludes halogenated alkanes) is 9. The summed E-state index contributed by atoms with van der Waals surface area (Å²) in [6.45, 7) is 59.8. The smallest absolute Gasteiger partial charge is 0.330 e. The molecule has 0 aromatic carbocycles. The number of hydrogen-bond donors (Lipinski definition) is 19. The molecule has 41 heteroatoms. The van der Waals surface area contributed by atoms with E-state index >= 15 is 0 Å². The summed E-state index contributed by atoms with van der Waals surface area (Å²) in [5.74, 6) is -2.78. The van der Waals surface area contributed by atoms with Crippen LogP contribution in [0.3, 0.4) is 0 Å². The van der Waals surface area contributed by atoms with Crippen LogP contribution in [0.1, 0.15) is 188 Å². The van der Waals surface area contributed by atoms with Crippen LogP contribution in [0.4, 0.5) is 0 Å². The third-order valence-corrected chi connectivity index (χ3v) is 17.1. The first-order chi connectivity index (χ1) is 66.6. The van der Waals surface area contributed by atoms with Crippen LogP contribution in [-0.4, -0.2) is 365 Å². The van der Waals surface area contributed by atoms with Gasteiger partial charge in [0.25, 0.3) is 0 Å². The minimum atomic E-state index is -0.479. The average Bonchev–Trinajstić information content (AvgIpc) is 1.15. The van der Waals surface area contributed by atoms with Crippen molar-refractivity contribution in [1.82, 2.24) is 20.0 Å². The van der Waals surface area contributed by atoms with Gasteiger partial charge in [0.15, 0.2) is 0 Å². The van der Waals surface area contributed by atoms with Crippen molar-refractivity contribution in [3.8, 4) is 0 Å². The molecule has 0 aromatic heterocycles. The molecule has 0 saturated carbocycles. The molecular formula is C97H204N18O23. The van der Waals surface area contributed by atoms with Gasteiger partial charge in [-0.15, -0.1) is 0 Å². The summed E-state index contributed by atoms with van der Waals surface area (Å²) >= 11 is 0. The number of carbonyl (C=O) groups excluding carboxylic acids is 8. The zero-order chi connectivity index (χ0) is 107. The molecule has 3 unspecified atom stereocenters. The molecule has 0 bridgehead atoms. The maximum absolute atomic E-state index is 10.7. The van der Waals surface area contributed by atoms with Crippen LogP contribution in [0, 0.1) is 5.92 Å². The van der Waals surface area contributed by atoms with E-state index in [-0.39, 0.29) is 44.5 Å². The highest BCUT2D eigenvalue weighted by Crippen LogP contribution is 2.08. The molecule has 2 aliphatic rings. The van der Waals surface area contributed by atoms with Crippen LogP contribution in [0.2, 0.25) is 0 Å². The molecule has 2 fully saturated rings. The van der Waals surface area contributed by atoms with E-state index in [0.717, 1.165) is 236 Å². The molecular weight excluding hydrogens is 1790 g/mol. The predicted molar refractivity (Wildman–Crippen MR) is 558 cm³/mol. The third-order valence-electron chi connectivity index (χ3n) is 17.1. The number of piperazine rings is 1. The predicted octanol–water partition coefficient (Wildman–Crippen LogP) is 2.79. The fourth-order valence-electron chi connectivity index (χ4n) is 8.97. The van der Waals surface area contributed by atoms with Gasteiger partial charge in [0.1, 0.15) is 6.10 Å². The van der Waals surface area contributed by atoms with E-state index < -0.39 is 35.8 Å². The fraction of sp³-hybridized carbons (Fsp3) is 0.753. The van der Waals surface area contributed by atoms with Crippen molar-refractivity contribution < 1.29 is 111 Å². The van der Waals surface area contributed by atoms with Crippen LogP contribution >= 0.6 is 0 Å². The van der Waals surface area contributed by atoms with E-state index in [9.17, 15) is 38.4 Å². The fourth-order valence-corrected chi connectivity index (χ4v) is 8.97. The van der Waals surface area contributed by atoms with Crippen LogP contribution < -0.4 is 85.6 Å². The molecule has 0 amide bonds. The normalized spacial score (nSPS) is 11.8. The van der Waals surface area contributed by atoms with Gasteiger partial charge in [-0.2, -0.15) is 0 Å². The Morgan fingerprint density at radius 3 is 0.891 bits per heavy atom. The van der Waals surface area contributed by atoms with E-state index in [1.165, 1.54) is 78.0 Å². The summed E-state index contributed by atoms with van der Waals surface area (Å²) in [5, 5.41) is 35.7. The van der Waals surface area contributed by atoms with E-state index in [1.54, 1.807) is 6.92 Å². The molecule has 3 atom stereocenters. The van der Waals surface area contributed by atoms with Gasteiger partial charge in [-0.05, 0) is 285 Å². The lowest BCUT2D eigenvalue weighted by Crippen LogP contribution is -2.44. The number of rotatable bonds is 69. The van der Waals surface area contributed by atoms with Gasteiger partial charge in [-0.3, -0.25) is 0 Å². The van der Waals surface area contributed by atoms with Crippen molar-refractivity contribution in [3.63, 3.8) is 0 Å². The monoisotopic (exact) mass is 1990 g/mol. The Balaban J connectivity index is -0.000000126. The summed E-state index contributed by atoms with van der Waals surface area (Å²) in [5.41, 5.74) is 73.3.